The molecule has 2 aromatic rings. The zero-order chi connectivity index (χ0) is 15.0. The number of ether oxygens (including phenoxy) is 1. The molecular weight excluding hydrogens is 264 g/mol. The average molecular weight is 286 g/mol. The molecule has 2 heterocycles. The maximum Gasteiger partial charge on any atom is 0.307 e. The summed E-state index contributed by atoms with van der Waals surface area (Å²) in [5.41, 5.74) is 3.25. The van der Waals surface area contributed by atoms with Crippen LogP contribution in [0, 0.1) is 5.92 Å². The Morgan fingerprint density at radius 2 is 2.14 bits per heavy atom. The number of carbonyl (C=O) groups excluding carboxylic acids is 1. The van der Waals surface area contributed by atoms with Gasteiger partial charge >= 0.3 is 5.97 Å². The van der Waals surface area contributed by atoms with Crippen LogP contribution in [0.1, 0.15) is 31.5 Å². The van der Waals surface area contributed by atoms with E-state index in [1.54, 1.807) is 0 Å². The van der Waals surface area contributed by atoms with E-state index in [1.165, 1.54) is 18.1 Å². The van der Waals surface area contributed by atoms with Gasteiger partial charge in [0.25, 0.3) is 0 Å². The van der Waals surface area contributed by atoms with Gasteiger partial charge in [0.2, 0.25) is 0 Å². The van der Waals surface area contributed by atoms with Crippen molar-refractivity contribution >= 4 is 16.9 Å². The van der Waals surface area contributed by atoms with Crippen LogP contribution >= 0.6 is 0 Å². The molecule has 4 nitrogen and oxygen atoms in total. The fraction of sp³-hybridized carbons (Fsp3) is 0.471. The van der Waals surface area contributed by atoms with E-state index < -0.39 is 0 Å². The van der Waals surface area contributed by atoms with Gasteiger partial charge in [0, 0.05) is 23.1 Å². The molecule has 1 aromatic carbocycles. The van der Waals surface area contributed by atoms with Crippen LogP contribution in [-0.2, 0) is 21.5 Å². The number of methoxy groups -OCH3 is 1. The number of hydrogen-bond donors (Lipinski definition) is 2. The van der Waals surface area contributed by atoms with Crippen LogP contribution in [0.25, 0.3) is 10.9 Å². The van der Waals surface area contributed by atoms with E-state index in [2.05, 4.69) is 42.3 Å². The molecule has 0 bridgehead atoms. The monoisotopic (exact) mass is 286 g/mol. The molecule has 0 aliphatic carbocycles. The number of H-pyrrole nitrogens is 1. The number of carbonyl (C=O) groups is 1. The lowest BCUT2D eigenvalue weighted by Gasteiger charge is -2.41. The van der Waals surface area contributed by atoms with Gasteiger partial charge in [-0.1, -0.05) is 32.0 Å². The molecule has 4 heteroatoms. The molecule has 0 saturated heterocycles. The first-order chi connectivity index (χ1) is 10.1. The third-order valence-electron chi connectivity index (χ3n) is 4.71. The summed E-state index contributed by atoms with van der Waals surface area (Å²) in [6.07, 6.45) is 1.33. The molecular formula is C17H22N2O2. The predicted molar refractivity (Wildman–Crippen MR) is 83.2 cm³/mol. The van der Waals surface area contributed by atoms with Crippen molar-refractivity contribution in [2.24, 2.45) is 5.92 Å². The molecule has 112 valence electrons. The maximum atomic E-state index is 11.9. The van der Waals surface area contributed by atoms with Crippen molar-refractivity contribution in [2.75, 3.05) is 13.7 Å². The van der Waals surface area contributed by atoms with Gasteiger partial charge in [-0.3, -0.25) is 4.79 Å². The summed E-state index contributed by atoms with van der Waals surface area (Å²) < 4.78 is 4.92. The first kappa shape index (κ1) is 14.1. The fourth-order valence-corrected chi connectivity index (χ4v) is 3.49. The van der Waals surface area contributed by atoms with Crippen molar-refractivity contribution in [3.05, 3.63) is 35.5 Å². The normalized spacial score (nSPS) is 21.5. The fourth-order valence-electron chi connectivity index (χ4n) is 3.49. The zero-order valence-corrected chi connectivity index (χ0v) is 12.8. The first-order valence-corrected chi connectivity index (χ1v) is 7.50. The van der Waals surface area contributed by atoms with Crippen LogP contribution in [0.2, 0.25) is 0 Å². The average Bonchev–Trinajstić information content (AvgIpc) is 2.87. The highest BCUT2D eigenvalue weighted by molar-refractivity contribution is 5.86. The van der Waals surface area contributed by atoms with E-state index in [-0.39, 0.29) is 17.4 Å². The summed E-state index contributed by atoms with van der Waals surface area (Å²) >= 11 is 0. The van der Waals surface area contributed by atoms with Gasteiger partial charge < -0.3 is 15.0 Å². The summed E-state index contributed by atoms with van der Waals surface area (Å²) in [6.45, 7) is 5.18. The van der Waals surface area contributed by atoms with E-state index in [0.29, 0.717) is 6.42 Å². The number of para-hydroxylation sites is 1. The number of nitrogens with one attached hydrogen (secondary N) is 2. The van der Waals surface area contributed by atoms with Crippen molar-refractivity contribution < 1.29 is 9.53 Å². The minimum absolute atomic E-state index is 0.178. The van der Waals surface area contributed by atoms with Crippen molar-refractivity contribution in [2.45, 2.75) is 32.2 Å². The Kier molecular flexibility index (Phi) is 3.49. The molecule has 0 radical (unpaired) electrons. The summed E-state index contributed by atoms with van der Waals surface area (Å²) in [5, 5.41) is 4.85. The minimum atomic E-state index is -0.375. The summed E-state index contributed by atoms with van der Waals surface area (Å²) in [7, 11) is 1.45. The Morgan fingerprint density at radius 1 is 1.38 bits per heavy atom. The molecule has 0 fully saturated rings. The molecule has 2 N–H and O–H groups in total. The number of hydrogen-bond acceptors (Lipinski definition) is 3. The highest BCUT2D eigenvalue weighted by atomic mass is 16.5. The highest BCUT2D eigenvalue weighted by Crippen LogP contribution is 2.40. The van der Waals surface area contributed by atoms with Gasteiger partial charge in [-0.05, 0) is 24.0 Å². The largest absolute Gasteiger partial charge is 0.469 e. The standard InChI is InChI=1S/C17H22N2O2/c1-11(2)17(10-15(20)21-3)16-13(8-9-18-17)12-6-4-5-7-14(12)19-16/h4-7,11,18-19H,8-10H2,1-3H3. The lowest BCUT2D eigenvalue weighted by Crippen LogP contribution is -2.52. The molecule has 1 aliphatic heterocycles. The number of benzene rings is 1. The van der Waals surface area contributed by atoms with E-state index in [1.807, 2.05) is 6.07 Å². The Balaban J connectivity index is 2.18. The Labute approximate surface area is 124 Å². The van der Waals surface area contributed by atoms with Crippen LogP contribution in [0.4, 0.5) is 0 Å². The first-order valence-electron chi connectivity index (χ1n) is 7.50. The smallest absolute Gasteiger partial charge is 0.307 e. The zero-order valence-electron chi connectivity index (χ0n) is 12.8. The Bertz CT molecular complexity index is 674. The van der Waals surface area contributed by atoms with E-state index in [4.69, 9.17) is 4.74 Å². The van der Waals surface area contributed by atoms with Gasteiger partial charge in [0.15, 0.2) is 0 Å². The van der Waals surface area contributed by atoms with Crippen LogP contribution in [0.5, 0.6) is 0 Å². The third-order valence-corrected chi connectivity index (χ3v) is 4.71. The van der Waals surface area contributed by atoms with Crippen LogP contribution in [0.15, 0.2) is 24.3 Å². The molecule has 1 aromatic heterocycles. The van der Waals surface area contributed by atoms with Crippen LogP contribution in [-0.4, -0.2) is 24.6 Å². The second-order valence-corrected chi connectivity index (χ2v) is 6.08. The van der Waals surface area contributed by atoms with E-state index >= 15 is 0 Å². The van der Waals surface area contributed by atoms with Gasteiger partial charge in [-0.15, -0.1) is 0 Å². The number of esters is 1. The Morgan fingerprint density at radius 3 is 2.86 bits per heavy atom. The van der Waals surface area contributed by atoms with Gasteiger partial charge in [0.05, 0.1) is 19.1 Å². The minimum Gasteiger partial charge on any atom is -0.469 e. The molecule has 1 unspecified atom stereocenters. The van der Waals surface area contributed by atoms with Crippen molar-refractivity contribution in [1.82, 2.24) is 10.3 Å². The quantitative estimate of drug-likeness (QED) is 0.853. The lowest BCUT2D eigenvalue weighted by atomic mass is 9.76. The van der Waals surface area contributed by atoms with Crippen LogP contribution in [0.3, 0.4) is 0 Å². The molecule has 0 saturated carbocycles. The molecule has 1 atom stereocenters. The summed E-state index contributed by atoms with van der Waals surface area (Å²) in [5.74, 6) is 0.103. The molecule has 3 rings (SSSR count). The van der Waals surface area contributed by atoms with E-state index in [9.17, 15) is 4.79 Å². The molecule has 21 heavy (non-hydrogen) atoms. The highest BCUT2D eigenvalue weighted by Gasteiger charge is 2.43. The summed E-state index contributed by atoms with van der Waals surface area (Å²) in [6, 6.07) is 8.35. The SMILES string of the molecule is COC(=O)CC1(C(C)C)NCCc2c1[nH]c1ccccc21. The van der Waals surface area contributed by atoms with Crippen molar-refractivity contribution in [3.63, 3.8) is 0 Å². The maximum absolute atomic E-state index is 11.9. The van der Waals surface area contributed by atoms with Gasteiger partial charge in [-0.25, -0.2) is 0 Å². The topological polar surface area (TPSA) is 54.1 Å². The number of aromatic nitrogens is 1. The Hall–Kier alpha value is -1.81. The second-order valence-electron chi connectivity index (χ2n) is 6.08. The lowest BCUT2D eigenvalue weighted by molar-refractivity contribution is -0.143. The number of aromatic amines is 1. The molecule has 0 spiro atoms. The van der Waals surface area contributed by atoms with Crippen LogP contribution < -0.4 is 5.32 Å². The summed E-state index contributed by atoms with van der Waals surface area (Å²) in [4.78, 5) is 15.5. The van der Waals surface area contributed by atoms with Gasteiger partial charge in [-0.2, -0.15) is 0 Å². The third kappa shape index (κ3) is 2.14. The van der Waals surface area contributed by atoms with E-state index in [0.717, 1.165) is 24.2 Å². The number of fused-ring (bicyclic) bond motifs is 3. The van der Waals surface area contributed by atoms with Gasteiger partial charge in [0.1, 0.15) is 0 Å². The number of rotatable bonds is 3. The molecule has 1 aliphatic rings. The van der Waals surface area contributed by atoms with Crippen molar-refractivity contribution in [1.29, 1.82) is 0 Å². The van der Waals surface area contributed by atoms with Crippen molar-refractivity contribution in [3.8, 4) is 0 Å². The second kappa shape index (κ2) is 5.19. The molecule has 0 amide bonds. The predicted octanol–water partition coefficient (Wildman–Crippen LogP) is 2.73.